The Morgan fingerprint density at radius 1 is 1.00 bits per heavy atom. The minimum absolute atomic E-state index is 0.363. The van der Waals surface area contributed by atoms with Gasteiger partial charge < -0.3 is 5.32 Å². The van der Waals surface area contributed by atoms with E-state index in [1.807, 2.05) is 39.7 Å². The van der Waals surface area contributed by atoms with E-state index in [9.17, 15) is 0 Å². The van der Waals surface area contributed by atoms with Crippen molar-refractivity contribution in [2.45, 2.75) is 31.7 Å². The predicted octanol–water partition coefficient (Wildman–Crippen LogP) is 5.04. The summed E-state index contributed by atoms with van der Waals surface area (Å²) in [6, 6.07) is 21.4. The van der Waals surface area contributed by atoms with Crippen LogP contribution in [-0.2, 0) is 6.42 Å². The zero-order valence-corrected chi connectivity index (χ0v) is 17.6. The second-order valence-corrected chi connectivity index (χ2v) is 8.70. The lowest BCUT2D eigenvalue weighted by atomic mass is 9.88. The van der Waals surface area contributed by atoms with Gasteiger partial charge in [-0.25, -0.2) is 9.97 Å². The van der Waals surface area contributed by atoms with Crippen molar-refractivity contribution in [3.05, 3.63) is 89.9 Å². The van der Waals surface area contributed by atoms with Crippen LogP contribution >= 0.6 is 0 Å². The van der Waals surface area contributed by atoms with Gasteiger partial charge in [0.15, 0.2) is 5.65 Å². The average Bonchev–Trinajstić information content (AvgIpc) is 3.55. The third-order valence-corrected chi connectivity index (χ3v) is 6.82. The summed E-state index contributed by atoms with van der Waals surface area (Å²) in [6.45, 7) is 0. The van der Waals surface area contributed by atoms with E-state index in [1.165, 1.54) is 16.7 Å². The predicted molar refractivity (Wildman–Crippen MR) is 126 cm³/mol. The van der Waals surface area contributed by atoms with Crippen LogP contribution in [0.3, 0.4) is 0 Å². The lowest BCUT2D eigenvalue weighted by molar-refractivity contribution is 0.629. The Kier molecular flexibility index (Phi) is 3.76. The van der Waals surface area contributed by atoms with Crippen LogP contribution in [0.5, 0.6) is 0 Å². The lowest BCUT2D eigenvalue weighted by Gasteiger charge is -2.26. The van der Waals surface area contributed by atoms with Crippen LogP contribution in [0.4, 0.5) is 5.82 Å². The highest BCUT2D eigenvalue weighted by atomic mass is 15.3. The van der Waals surface area contributed by atoms with Crippen molar-refractivity contribution in [1.29, 1.82) is 0 Å². The van der Waals surface area contributed by atoms with Gasteiger partial charge in [-0.15, -0.1) is 0 Å². The number of anilines is 1. The number of benzene rings is 2. The smallest absolute Gasteiger partial charge is 0.159 e. The highest BCUT2D eigenvalue weighted by Crippen LogP contribution is 2.42. The van der Waals surface area contributed by atoms with Crippen LogP contribution in [0.25, 0.3) is 28.1 Å². The quantitative estimate of drug-likeness (QED) is 0.446. The Hall–Kier alpha value is -3.93. The summed E-state index contributed by atoms with van der Waals surface area (Å²) in [5, 5.41) is 8.32. The molecule has 3 heterocycles. The maximum absolute atomic E-state index is 4.84. The third kappa shape index (κ3) is 2.69. The minimum Gasteiger partial charge on any atom is -0.367 e. The van der Waals surface area contributed by atoms with Crippen molar-refractivity contribution in [2.75, 3.05) is 5.32 Å². The summed E-state index contributed by atoms with van der Waals surface area (Å²) in [7, 11) is 0. The summed E-state index contributed by atoms with van der Waals surface area (Å²) >= 11 is 0. The molecule has 6 nitrogen and oxygen atoms in total. The second-order valence-electron chi connectivity index (χ2n) is 8.70. The zero-order valence-electron chi connectivity index (χ0n) is 17.6. The van der Waals surface area contributed by atoms with Gasteiger partial charge in [0.2, 0.25) is 0 Å². The summed E-state index contributed by atoms with van der Waals surface area (Å²) in [6.07, 6.45) is 8.08. The van der Waals surface area contributed by atoms with Crippen LogP contribution in [0.2, 0.25) is 0 Å². The normalized spacial score (nSPS) is 17.7. The topological polar surface area (TPSA) is 60.0 Å². The highest BCUT2D eigenvalue weighted by Gasteiger charge is 2.28. The molecular weight excluding hydrogens is 396 g/mol. The van der Waals surface area contributed by atoms with Crippen LogP contribution in [-0.4, -0.2) is 30.2 Å². The number of nitrogens with one attached hydrogen (secondary N) is 1. The van der Waals surface area contributed by atoms with Crippen molar-refractivity contribution in [1.82, 2.24) is 24.1 Å². The Morgan fingerprint density at radius 2 is 1.91 bits per heavy atom. The molecule has 1 N–H and O–H groups in total. The largest absolute Gasteiger partial charge is 0.367 e. The maximum atomic E-state index is 4.84. The average molecular weight is 419 g/mol. The molecule has 6 heteroatoms. The van der Waals surface area contributed by atoms with Gasteiger partial charge in [-0.05, 0) is 54.5 Å². The molecule has 0 amide bonds. The molecule has 156 valence electrons. The lowest BCUT2D eigenvalue weighted by Crippen LogP contribution is -2.25. The van der Waals surface area contributed by atoms with E-state index in [4.69, 9.17) is 4.98 Å². The second kappa shape index (κ2) is 6.79. The summed E-state index contributed by atoms with van der Waals surface area (Å²) in [5.41, 5.74) is 8.91. The molecule has 2 aliphatic carbocycles. The van der Waals surface area contributed by atoms with E-state index in [0.29, 0.717) is 6.04 Å². The molecule has 1 atom stereocenters. The third-order valence-electron chi connectivity index (χ3n) is 6.82. The Balaban J connectivity index is 1.26. The van der Waals surface area contributed by atoms with Crippen LogP contribution in [0.15, 0.2) is 78.8 Å². The van der Waals surface area contributed by atoms with Gasteiger partial charge in [-0.1, -0.05) is 42.0 Å². The zero-order chi connectivity index (χ0) is 21.1. The molecule has 32 heavy (non-hydrogen) atoms. The highest BCUT2D eigenvalue weighted by molar-refractivity contribution is 5.78. The SMILES string of the molecule is c1ccc2c(c1)CC1=C2CC(Nc2cc(-n3cnc4ccccc43)nc3ccnn23)CC1. The van der Waals surface area contributed by atoms with E-state index in [0.717, 1.165) is 54.0 Å². The number of fused-ring (bicyclic) bond motifs is 4. The molecule has 3 aromatic heterocycles. The van der Waals surface area contributed by atoms with Crippen molar-refractivity contribution in [3.63, 3.8) is 0 Å². The van der Waals surface area contributed by atoms with E-state index in [1.54, 1.807) is 11.8 Å². The molecule has 2 aromatic carbocycles. The van der Waals surface area contributed by atoms with Crippen molar-refractivity contribution >= 4 is 28.1 Å². The van der Waals surface area contributed by atoms with E-state index in [-0.39, 0.29) is 0 Å². The van der Waals surface area contributed by atoms with Gasteiger partial charge in [0.05, 0.1) is 17.2 Å². The first kappa shape index (κ1) is 17.7. The van der Waals surface area contributed by atoms with Gasteiger partial charge in [-0.2, -0.15) is 9.61 Å². The van der Waals surface area contributed by atoms with Crippen molar-refractivity contribution < 1.29 is 0 Å². The number of hydrogen-bond donors (Lipinski definition) is 1. The molecule has 0 bridgehead atoms. The number of nitrogens with zero attached hydrogens (tertiary/aromatic N) is 5. The number of rotatable bonds is 3. The van der Waals surface area contributed by atoms with E-state index in [2.05, 4.69) is 51.8 Å². The molecular formula is C26H22N6. The fourth-order valence-electron chi connectivity index (χ4n) is 5.29. The fourth-order valence-corrected chi connectivity index (χ4v) is 5.29. The molecule has 0 saturated heterocycles. The first-order valence-electron chi connectivity index (χ1n) is 11.2. The Morgan fingerprint density at radius 3 is 2.91 bits per heavy atom. The van der Waals surface area contributed by atoms with Gasteiger partial charge in [0.25, 0.3) is 0 Å². The molecule has 0 spiro atoms. The fraction of sp³-hybridized carbons (Fsp3) is 0.192. The monoisotopic (exact) mass is 418 g/mol. The molecule has 2 aliphatic rings. The van der Waals surface area contributed by atoms with Gasteiger partial charge in [-0.3, -0.25) is 4.57 Å². The number of aromatic nitrogens is 5. The molecule has 0 fully saturated rings. The van der Waals surface area contributed by atoms with E-state index >= 15 is 0 Å². The van der Waals surface area contributed by atoms with Gasteiger partial charge in [0, 0.05) is 18.2 Å². The standard InChI is InChI=1S/C26H22N6/c1-2-6-20-17(5-1)13-18-9-10-19(14-21(18)20)29-26-15-25(30-24-11-12-28-32(24)26)31-16-27-22-7-3-4-8-23(22)31/h1-8,11-12,15-16,19,29H,9-10,13-14H2. The number of imidazole rings is 1. The van der Waals surface area contributed by atoms with Crippen molar-refractivity contribution in [2.24, 2.45) is 0 Å². The first-order chi connectivity index (χ1) is 15.8. The maximum Gasteiger partial charge on any atom is 0.159 e. The number of para-hydroxylation sites is 2. The van der Waals surface area contributed by atoms with Crippen LogP contribution in [0.1, 0.15) is 30.4 Å². The van der Waals surface area contributed by atoms with Gasteiger partial charge >= 0.3 is 0 Å². The summed E-state index contributed by atoms with van der Waals surface area (Å²) in [4.78, 5) is 9.38. The molecule has 7 rings (SSSR count). The summed E-state index contributed by atoms with van der Waals surface area (Å²) < 4.78 is 3.94. The van der Waals surface area contributed by atoms with Crippen molar-refractivity contribution in [3.8, 4) is 5.82 Å². The molecule has 0 saturated carbocycles. The van der Waals surface area contributed by atoms with Crippen LogP contribution < -0.4 is 5.32 Å². The Labute approximate surface area is 185 Å². The summed E-state index contributed by atoms with van der Waals surface area (Å²) in [5.74, 6) is 1.81. The van der Waals surface area contributed by atoms with E-state index < -0.39 is 0 Å². The molecule has 5 aromatic rings. The molecule has 0 aliphatic heterocycles. The van der Waals surface area contributed by atoms with Gasteiger partial charge in [0.1, 0.15) is 18.0 Å². The Bertz CT molecular complexity index is 1520. The number of hydrogen-bond acceptors (Lipinski definition) is 4. The first-order valence-corrected chi connectivity index (χ1v) is 11.2. The number of allylic oxidation sites excluding steroid dienone is 1. The van der Waals surface area contributed by atoms with Crippen LogP contribution in [0, 0.1) is 0 Å². The minimum atomic E-state index is 0.363. The molecule has 1 unspecified atom stereocenters. The molecule has 0 radical (unpaired) electrons.